The van der Waals surface area contributed by atoms with Gasteiger partial charge >= 0.3 is 0 Å². The zero-order chi connectivity index (χ0) is 21.8. The summed E-state index contributed by atoms with van der Waals surface area (Å²) < 4.78 is 20.1. The van der Waals surface area contributed by atoms with Crippen LogP contribution >= 0.6 is 0 Å². The van der Waals surface area contributed by atoms with Crippen LogP contribution in [-0.2, 0) is 4.74 Å². The normalized spacial score (nSPS) is 12.4. The zero-order valence-corrected chi connectivity index (χ0v) is 18.1. The van der Waals surface area contributed by atoms with Gasteiger partial charge in [0, 0.05) is 18.2 Å². The minimum absolute atomic E-state index is 0.0757. The zero-order valence-electron chi connectivity index (χ0n) is 18.1. The minimum atomic E-state index is -0.581. The molecule has 1 aromatic carbocycles. The van der Waals surface area contributed by atoms with E-state index in [2.05, 4.69) is 21.0 Å². The number of nitrogens with one attached hydrogen (secondary N) is 3. The summed E-state index contributed by atoms with van der Waals surface area (Å²) in [6, 6.07) is 6.09. The van der Waals surface area contributed by atoms with Crippen LogP contribution in [0.3, 0.4) is 0 Å². The van der Waals surface area contributed by atoms with Crippen molar-refractivity contribution in [3.05, 3.63) is 47.9 Å². The summed E-state index contributed by atoms with van der Waals surface area (Å²) in [6.07, 6.45) is 1.57. The molecule has 1 heterocycles. The molecule has 8 heteroatoms. The molecule has 2 rings (SSSR count). The summed E-state index contributed by atoms with van der Waals surface area (Å²) in [5.74, 6) is 0.649. The molecule has 29 heavy (non-hydrogen) atoms. The Labute approximate surface area is 171 Å². The van der Waals surface area contributed by atoms with Gasteiger partial charge in [-0.05, 0) is 30.2 Å². The van der Waals surface area contributed by atoms with Gasteiger partial charge in [-0.1, -0.05) is 34.6 Å². The molecule has 0 bridgehead atoms. The first kappa shape index (κ1) is 22.3. The lowest BCUT2D eigenvalue weighted by molar-refractivity contribution is 0.0752. The Bertz CT molecular complexity index is 879. The van der Waals surface area contributed by atoms with E-state index >= 15 is 0 Å². The molecule has 7 nitrogen and oxygen atoms in total. The average Bonchev–Trinajstić information content (AvgIpc) is 3.06. The van der Waals surface area contributed by atoms with Gasteiger partial charge in [0.15, 0.2) is 5.82 Å². The first-order chi connectivity index (χ1) is 13.6. The quantitative estimate of drug-likeness (QED) is 0.579. The molecule has 0 radical (unpaired) electrons. The molecule has 0 aliphatic carbocycles. The largest absolute Gasteiger partial charge is 0.481 e. The monoisotopic (exact) mass is 403 g/mol. The van der Waals surface area contributed by atoms with Crippen LogP contribution in [0.25, 0.3) is 0 Å². The van der Waals surface area contributed by atoms with Gasteiger partial charge < -0.3 is 20.7 Å². The van der Waals surface area contributed by atoms with Crippen LogP contribution in [0.4, 0.5) is 21.6 Å². The molecule has 3 N–H and O–H groups in total. The second kappa shape index (κ2) is 8.98. The Morgan fingerprint density at radius 2 is 1.79 bits per heavy atom. The van der Waals surface area contributed by atoms with Crippen molar-refractivity contribution < 1.29 is 13.9 Å². The van der Waals surface area contributed by atoms with Crippen molar-refractivity contribution >= 4 is 23.1 Å². The van der Waals surface area contributed by atoms with Crippen LogP contribution in [0.5, 0.6) is 0 Å². The van der Waals surface area contributed by atoms with E-state index in [1.54, 1.807) is 32.5 Å². The van der Waals surface area contributed by atoms with Crippen molar-refractivity contribution in [2.75, 3.05) is 30.1 Å². The number of anilines is 3. The van der Waals surface area contributed by atoms with Crippen molar-refractivity contribution in [1.29, 1.82) is 0 Å². The molecule has 0 saturated heterocycles. The maximum absolute atomic E-state index is 13.2. The molecular weight excluding hydrogens is 373 g/mol. The molecule has 0 aliphatic heterocycles. The number of rotatable bonds is 7. The van der Waals surface area contributed by atoms with E-state index in [0.717, 1.165) is 11.4 Å². The summed E-state index contributed by atoms with van der Waals surface area (Å²) in [5, 5.41) is 13.8. The fourth-order valence-electron chi connectivity index (χ4n) is 2.65. The predicted molar refractivity (Wildman–Crippen MR) is 114 cm³/mol. The first-order valence-electron chi connectivity index (χ1n) is 9.46. The van der Waals surface area contributed by atoms with Crippen LogP contribution in [0.15, 0.2) is 42.0 Å². The van der Waals surface area contributed by atoms with Gasteiger partial charge in [0.25, 0.3) is 5.91 Å². The van der Waals surface area contributed by atoms with Gasteiger partial charge in [0.1, 0.15) is 11.5 Å². The number of carbonyl (C=O) groups is 1. The van der Waals surface area contributed by atoms with Gasteiger partial charge in [0.2, 0.25) is 5.88 Å². The summed E-state index contributed by atoms with van der Waals surface area (Å²) in [6.45, 7) is 9.55. The van der Waals surface area contributed by atoms with E-state index in [1.165, 1.54) is 16.8 Å². The molecule has 0 saturated carbocycles. The highest BCUT2D eigenvalue weighted by Gasteiger charge is 2.27. The smallest absolute Gasteiger partial charge is 0.254 e. The molecule has 158 valence electrons. The molecule has 2 aromatic rings. The SMILES string of the molecule is CNc1c(N/C(OC)=C(\Nc2ccc(F)cc2)C(C)C)cnn1C(=O)C(C)(C)C. The number of halogens is 1. The van der Waals surface area contributed by atoms with E-state index < -0.39 is 5.41 Å². The molecule has 0 unspecified atom stereocenters. The van der Waals surface area contributed by atoms with Crippen molar-refractivity contribution in [2.45, 2.75) is 34.6 Å². The van der Waals surface area contributed by atoms with Gasteiger partial charge in [-0.2, -0.15) is 9.78 Å². The van der Waals surface area contributed by atoms with E-state index in [0.29, 0.717) is 17.4 Å². The van der Waals surface area contributed by atoms with Gasteiger partial charge in [-0.3, -0.25) is 4.79 Å². The number of carbonyl (C=O) groups excluding carboxylic acids is 1. The van der Waals surface area contributed by atoms with Crippen molar-refractivity contribution in [1.82, 2.24) is 9.78 Å². The lowest BCUT2D eigenvalue weighted by Crippen LogP contribution is -2.28. The lowest BCUT2D eigenvalue weighted by Gasteiger charge is -2.21. The number of allylic oxidation sites excluding steroid dienone is 1. The van der Waals surface area contributed by atoms with Crippen LogP contribution < -0.4 is 16.0 Å². The maximum atomic E-state index is 13.2. The third-order valence-electron chi connectivity index (χ3n) is 4.24. The Morgan fingerprint density at radius 1 is 1.17 bits per heavy atom. The van der Waals surface area contributed by atoms with Crippen LogP contribution in [0.1, 0.15) is 39.4 Å². The molecule has 0 fully saturated rings. The van der Waals surface area contributed by atoms with E-state index in [9.17, 15) is 9.18 Å². The van der Waals surface area contributed by atoms with E-state index in [4.69, 9.17) is 4.74 Å². The van der Waals surface area contributed by atoms with E-state index in [-0.39, 0.29) is 17.6 Å². The molecule has 1 aromatic heterocycles. The van der Waals surface area contributed by atoms with Gasteiger partial charge in [-0.25, -0.2) is 4.39 Å². The Hall–Kier alpha value is -3.03. The first-order valence-corrected chi connectivity index (χ1v) is 9.46. The fourth-order valence-corrected chi connectivity index (χ4v) is 2.65. The summed E-state index contributed by atoms with van der Waals surface area (Å²) >= 11 is 0. The highest BCUT2D eigenvalue weighted by Crippen LogP contribution is 2.28. The number of hydrogen-bond acceptors (Lipinski definition) is 6. The number of benzene rings is 1. The predicted octanol–water partition coefficient (Wildman–Crippen LogP) is 4.75. The molecular formula is C21H30FN5O2. The molecule has 0 spiro atoms. The van der Waals surface area contributed by atoms with Gasteiger partial charge in [-0.15, -0.1) is 0 Å². The van der Waals surface area contributed by atoms with Crippen molar-refractivity contribution in [3.8, 4) is 0 Å². The van der Waals surface area contributed by atoms with Crippen LogP contribution in [0.2, 0.25) is 0 Å². The van der Waals surface area contributed by atoms with Crippen molar-refractivity contribution in [3.63, 3.8) is 0 Å². The van der Waals surface area contributed by atoms with E-state index in [1.807, 2.05) is 34.6 Å². The topological polar surface area (TPSA) is 80.2 Å². The Balaban J connectivity index is 2.40. The minimum Gasteiger partial charge on any atom is -0.481 e. The Kier molecular flexibility index (Phi) is 6.89. The standard InChI is InChI=1S/C21H30FN5O2/c1-13(2)17(25-15-10-8-14(22)9-11-15)19(29-7)26-16-12-24-27(18(16)23-6)20(28)21(3,4)5/h8-13,23,25-26H,1-7H3/b19-17+. The second-order valence-electron chi connectivity index (χ2n) is 7.98. The molecule has 0 atom stereocenters. The van der Waals surface area contributed by atoms with Crippen LogP contribution in [-0.4, -0.2) is 29.8 Å². The third kappa shape index (κ3) is 5.28. The highest BCUT2D eigenvalue weighted by molar-refractivity contribution is 5.88. The summed E-state index contributed by atoms with van der Waals surface area (Å²) in [4.78, 5) is 12.7. The number of ether oxygens (including phenoxy) is 1. The highest BCUT2D eigenvalue weighted by atomic mass is 19.1. The molecule has 0 amide bonds. The lowest BCUT2D eigenvalue weighted by atomic mass is 9.96. The maximum Gasteiger partial charge on any atom is 0.254 e. The fraction of sp³-hybridized carbons (Fsp3) is 0.429. The van der Waals surface area contributed by atoms with Crippen molar-refractivity contribution in [2.24, 2.45) is 11.3 Å². The second-order valence-corrected chi connectivity index (χ2v) is 7.98. The molecule has 0 aliphatic rings. The average molecular weight is 404 g/mol. The third-order valence-corrected chi connectivity index (χ3v) is 4.24. The number of hydrogen-bond donors (Lipinski definition) is 3. The van der Waals surface area contributed by atoms with Gasteiger partial charge in [0.05, 0.1) is 19.0 Å². The Morgan fingerprint density at radius 3 is 2.28 bits per heavy atom. The number of nitrogens with zero attached hydrogens (tertiary/aromatic N) is 2. The summed E-state index contributed by atoms with van der Waals surface area (Å²) in [5.41, 5.74) is 1.53. The van der Waals surface area contributed by atoms with Crippen LogP contribution in [0, 0.1) is 17.2 Å². The number of methoxy groups -OCH3 is 1. The summed E-state index contributed by atoms with van der Waals surface area (Å²) in [7, 11) is 3.28. The number of aromatic nitrogens is 2.